The van der Waals surface area contributed by atoms with Gasteiger partial charge in [-0.3, -0.25) is 18.6 Å². The fourth-order valence-electron chi connectivity index (χ4n) is 8.55. The summed E-state index contributed by atoms with van der Waals surface area (Å²) in [6, 6.07) is -0.861. The van der Waals surface area contributed by atoms with E-state index in [0.717, 1.165) is 116 Å². The largest absolute Gasteiger partial charge is 0.472 e. The number of rotatable bonds is 55. The highest BCUT2D eigenvalue weighted by molar-refractivity contribution is 7.47. The number of ether oxygens (including phenoxy) is 1. The van der Waals surface area contributed by atoms with E-state index in [1.54, 1.807) is 0 Å². The van der Waals surface area contributed by atoms with Gasteiger partial charge in [-0.25, -0.2) is 4.57 Å². The molecule has 10 heteroatoms. The Morgan fingerprint density at radius 2 is 0.853 bits per heavy atom. The van der Waals surface area contributed by atoms with Crippen LogP contribution in [0.4, 0.5) is 0 Å². The number of likely N-dealkylation sites (N-methyl/N-ethyl adjacent to an activating group) is 1. The lowest BCUT2D eigenvalue weighted by Crippen LogP contribution is -2.47. The molecule has 0 radical (unpaired) electrons. The summed E-state index contributed by atoms with van der Waals surface area (Å²) in [5.74, 6) is -0.532. The molecule has 0 aromatic heterocycles. The van der Waals surface area contributed by atoms with Crippen molar-refractivity contribution in [2.75, 3.05) is 40.9 Å². The van der Waals surface area contributed by atoms with Crippen molar-refractivity contribution >= 4 is 19.7 Å². The average molecular weight is 1070 g/mol. The van der Waals surface area contributed by atoms with E-state index >= 15 is 0 Å². The van der Waals surface area contributed by atoms with Crippen molar-refractivity contribution in [1.82, 2.24) is 5.32 Å². The number of carbonyl (C=O) groups is 2. The van der Waals surface area contributed by atoms with Crippen molar-refractivity contribution in [1.29, 1.82) is 0 Å². The second-order valence-electron chi connectivity index (χ2n) is 21.8. The van der Waals surface area contributed by atoms with Gasteiger partial charge in [0.1, 0.15) is 19.3 Å². The fraction of sp³-hybridized carbons (Fsp3) is 0.754. The first-order chi connectivity index (χ1) is 36.4. The van der Waals surface area contributed by atoms with Crippen LogP contribution in [0.3, 0.4) is 0 Å². The molecule has 0 aromatic carbocycles. The Bertz CT molecular complexity index is 1560. The smallest absolute Gasteiger partial charge is 0.456 e. The summed E-state index contributed by atoms with van der Waals surface area (Å²) in [5, 5.41) is 3.04. The standard InChI is InChI=1S/C65H117N2O7P/c1-7-10-13-16-19-22-25-27-28-29-30-31-32-33-34-35-36-37-38-40-43-46-49-52-55-58-65(69)74-63(56-53-50-47-44-41-24-21-18-15-12-9-3)62(61-73-75(70,71)72-60-59-67(4,5)6)66-64(68)57-54-51-48-45-42-39-26-23-20-17-14-11-8-2/h10,13,19,22,27-28,30-31,33-34,39,42,53,56,62-63H,7-9,11-12,14-18,20-21,23-26,29,32,35-38,40-41,43-52,54-55,57-61H2,1-6H3,(H-,66,68,70,71)/p+1/b13-10-,22-19-,28-27-,31-30-,34-33-,42-39-,56-53-. The molecule has 0 fully saturated rings. The molecule has 0 heterocycles. The topological polar surface area (TPSA) is 111 Å². The molecule has 75 heavy (non-hydrogen) atoms. The van der Waals surface area contributed by atoms with Crippen molar-refractivity contribution in [2.45, 2.75) is 277 Å². The van der Waals surface area contributed by atoms with Crippen LogP contribution in [0, 0.1) is 0 Å². The number of phosphoric acid groups is 1. The van der Waals surface area contributed by atoms with Gasteiger partial charge in [-0.05, 0) is 102 Å². The minimum Gasteiger partial charge on any atom is -0.456 e. The maximum absolute atomic E-state index is 13.5. The minimum absolute atomic E-state index is 0.0338. The first-order valence-corrected chi connectivity index (χ1v) is 32.4. The Labute approximate surface area is 463 Å². The van der Waals surface area contributed by atoms with Gasteiger partial charge < -0.3 is 19.4 Å². The number of carbonyl (C=O) groups excluding carboxylic acids is 2. The van der Waals surface area contributed by atoms with Gasteiger partial charge in [0.2, 0.25) is 5.91 Å². The molecule has 0 spiro atoms. The molecule has 0 saturated carbocycles. The lowest BCUT2D eigenvalue weighted by Gasteiger charge is -2.27. The summed E-state index contributed by atoms with van der Waals surface area (Å²) in [5.41, 5.74) is 0. The number of amides is 1. The number of nitrogens with zero attached hydrogens (tertiary/aromatic N) is 1. The van der Waals surface area contributed by atoms with Crippen LogP contribution in [0.5, 0.6) is 0 Å². The Kier molecular flexibility index (Phi) is 52.5. The van der Waals surface area contributed by atoms with Gasteiger partial charge in [-0.15, -0.1) is 0 Å². The summed E-state index contributed by atoms with van der Waals surface area (Å²) in [4.78, 5) is 37.6. The van der Waals surface area contributed by atoms with Gasteiger partial charge in [0, 0.05) is 12.8 Å². The Hall–Kier alpha value is -2.81. The third-order valence-corrected chi connectivity index (χ3v) is 14.3. The molecule has 0 bridgehead atoms. The molecule has 0 rings (SSSR count). The van der Waals surface area contributed by atoms with Crippen LogP contribution in [-0.4, -0.2) is 74.3 Å². The molecular weight excluding hydrogens is 952 g/mol. The summed E-state index contributed by atoms with van der Waals surface area (Å²) in [6.45, 7) is 6.87. The Morgan fingerprint density at radius 1 is 0.480 bits per heavy atom. The van der Waals surface area contributed by atoms with Crippen LogP contribution in [0.1, 0.15) is 265 Å². The zero-order valence-electron chi connectivity index (χ0n) is 49.5. The fourth-order valence-corrected chi connectivity index (χ4v) is 9.29. The zero-order valence-corrected chi connectivity index (χ0v) is 50.4. The van der Waals surface area contributed by atoms with E-state index in [0.29, 0.717) is 17.4 Å². The lowest BCUT2D eigenvalue weighted by molar-refractivity contribution is -0.870. The van der Waals surface area contributed by atoms with Crippen LogP contribution in [0.15, 0.2) is 85.1 Å². The second kappa shape index (κ2) is 54.5. The maximum atomic E-state index is 13.5. The average Bonchev–Trinajstić information content (AvgIpc) is 3.37. The SMILES string of the molecule is CC/C=C\C/C=C\C/C=C\C/C=C\C/C=C\CCCCCCCCCCCC(=O)OC(/C=C\CCCCCCCCCCC)C(COP(=O)(O)OCC[N+](C)(C)C)NC(=O)CCCCC/C=C\CCCCCCCC. The highest BCUT2D eigenvalue weighted by atomic mass is 31.2. The number of quaternary nitrogens is 1. The van der Waals surface area contributed by atoms with E-state index in [4.69, 9.17) is 13.8 Å². The number of nitrogens with one attached hydrogen (secondary N) is 1. The maximum Gasteiger partial charge on any atom is 0.472 e. The highest BCUT2D eigenvalue weighted by Gasteiger charge is 2.30. The molecule has 434 valence electrons. The van der Waals surface area contributed by atoms with E-state index in [1.165, 1.54) is 116 Å². The molecule has 2 N–H and O–H groups in total. The Balaban J connectivity index is 5.14. The van der Waals surface area contributed by atoms with Crippen molar-refractivity contribution in [3.8, 4) is 0 Å². The van der Waals surface area contributed by atoms with E-state index in [2.05, 4.69) is 99.0 Å². The number of allylic oxidation sites excluding steroid dienone is 13. The summed E-state index contributed by atoms with van der Waals surface area (Å²) in [7, 11) is 1.48. The predicted molar refractivity (Wildman–Crippen MR) is 323 cm³/mol. The van der Waals surface area contributed by atoms with Crippen LogP contribution >= 0.6 is 7.82 Å². The van der Waals surface area contributed by atoms with Crippen molar-refractivity contribution in [3.63, 3.8) is 0 Å². The number of hydrogen-bond acceptors (Lipinski definition) is 6. The van der Waals surface area contributed by atoms with Crippen molar-refractivity contribution in [3.05, 3.63) is 85.1 Å². The normalized spacial score (nSPS) is 14.3. The van der Waals surface area contributed by atoms with E-state index in [-0.39, 0.29) is 31.5 Å². The molecule has 0 aliphatic carbocycles. The molecule has 0 saturated heterocycles. The molecule has 1 amide bonds. The summed E-state index contributed by atoms with van der Waals surface area (Å²) < 4.78 is 30.6. The summed E-state index contributed by atoms with van der Waals surface area (Å²) >= 11 is 0. The van der Waals surface area contributed by atoms with Gasteiger partial charge in [-0.2, -0.15) is 0 Å². The number of unbranched alkanes of at least 4 members (excludes halogenated alkanes) is 27. The molecular formula is C65H118N2O7P+. The molecule has 3 unspecified atom stereocenters. The second-order valence-corrected chi connectivity index (χ2v) is 23.3. The Morgan fingerprint density at radius 3 is 1.31 bits per heavy atom. The molecule has 9 nitrogen and oxygen atoms in total. The molecule has 3 atom stereocenters. The van der Waals surface area contributed by atoms with Gasteiger partial charge >= 0.3 is 13.8 Å². The van der Waals surface area contributed by atoms with Crippen LogP contribution in [0.25, 0.3) is 0 Å². The van der Waals surface area contributed by atoms with Gasteiger partial charge in [0.25, 0.3) is 0 Å². The van der Waals surface area contributed by atoms with Crippen LogP contribution < -0.4 is 5.32 Å². The summed E-state index contributed by atoms with van der Waals surface area (Å²) in [6.07, 6.45) is 71.6. The first-order valence-electron chi connectivity index (χ1n) is 30.9. The number of esters is 1. The van der Waals surface area contributed by atoms with E-state index < -0.39 is 20.0 Å². The monoisotopic (exact) mass is 1070 g/mol. The third kappa shape index (κ3) is 55.7. The van der Waals surface area contributed by atoms with Crippen LogP contribution in [-0.2, 0) is 27.9 Å². The number of phosphoric ester groups is 1. The lowest BCUT2D eigenvalue weighted by atomic mass is 10.1. The van der Waals surface area contributed by atoms with Crippen molar-refractivity contribution in [2.24, 2.45) is 0 Å². The van der Waals surface area contributed by atoms with Gasteiger partial charge in [-0.1, -0.05) is 235 Å². The zero-order chi connectivity index (χ0) is 55.0. The van der Waals surface area contributed by atoms with Gasteiger partial charge in [0.15, 0.2) is 0 Å². The van der Waals surface area contributed by atoms with Crippen LogP contribution in [0.2, 0.25) is 0 Å². The first kappa shape index (κ1) is 72.2. The molecule has 0 aliphatic heterocycles. The minimum atomic E-state index is -4.45. The quantitative estimate of drug-likeness (QED) is 0.0205. The highest BCUT2D eigenvalue weighted by Crippen LogP contribution is 2.43. The number of hydrogen-bond donors (Lipinski definition) is 2. The van der Waals surface area contributed by atoms with E-state index in [1.807, 2.05) is 33.3 Å². The van der Waals surface area contributed by atoms with E-state index in [9.17, 15) is 19.0 Å². The molecule has 0 aliphatic rings. The predicted octanol–water partition coefficient (Wildman–Crippen LogP) is 19.0. The molecule has 0 aromatic rings. The van der Waals surface area contributed by atoms with Gasteiger partial charge in [0.05, 0.1) is 33.8 Å². The third-order valence-electron chi connectivity index (χ3n) is 13.3. The van der Waals surface area contributed by atoms with Crippen molar-refractivity contribution < 1.29 is 37.3 Å².